The van der Waals surface area contributed by atoms with Gasteiger partial charge in [0.2, 0.25) is 5.91 Å². The molecule has 1 unspecified atom stereocenters. The average Bonchev–Trinajstić information content (AvgIpc) is 2.52. The zero-order valence-corrected chi connectivity index (χ0v) is 14.3. The Morgan fingerprint density at radius 2 is 2.00 bits per heavy atom. The first-order valence-electron chi connectivity index (χ1n) is 7.94. The molecule has 0 aliphatic carbocycles. The number of benzene rings is 1. The van der Waals surface area contributed by atoms with Gasteiger partial charge in [0.15, 0.2) is 0 Å². The summed E-state index contributed by atoms with van der Waals surface area (Å²) in [5.74, 6) is 0.896. The lowest BCUT2D eigenvalue weighted by Crippen LogP contribution is -2.31. The molecule has 116 valence electrons. The summed E-state index contributed by atoms with van der Waals surface area (Å²) in [5.41, 5.74) is 1.18. The Kier molecular flexibility index (Phi) is 6.71. The van der Waals surface area contributed by atoms with Crippen LogP contribution < -0.4 is 10.6 Å². The standard InChI is InChI=1S/C17H25BrN2O/c1-2-16(14-4-6-15(18)7-5-14)20-17(21)8-3-13-9-11-19-12-10-13/h4-7,13,16,19H,2-3,8-12H2,1H3,(H,20,21). The van der Waals surface area contributed by atoms with Gasteiger partial charge < -0.3 is 10.6 Å². The van der Waals surface area contributed by atoms with Crippen molar-refractivity contribution < 1.29 is 4.79 Å². The molecule has 2 rings (SSSR count). The molecule has 3 nitrogen and oxygen atoms in total. The Balaban J connectivity index is 1.80. The fraction of sp³-hybridized carbons (Fsp3) is 0.588. The molecule has 1 amide bonds. The predicted octanol–water partition coefficient (Wildman–Crippen LogP) is 3.80. The fourth-order valence-electron chi connectivity index (χ4n) is 2.89. The molecule has 1 saturated heterocycles. The summed E-state index contributed by atoms with van der Waals surface area (Å²) in [6.45, 7) is 4.31. The first-order chi connectivity index (χ1) is 10.2. The van der Waals surface area contributed by atoms with Crippen LogP contribution >= 0.6 is 15.9 Å². The van der Waals surface area contributed by atoms with Crippen LogP contribution in [0, 0.1) is 5.92 Å². The molecule has 1 heterocycles. The van der Waals surface area contributed by atoms with Crippen LogP contribution in [-0.4, -0.2) is 19.0 Å². The molecule has 4 heteroatoms. The summed E-state index contributed by atoms with van der Waals surface area (Å²) >= 11 is 3.44. The van der Waals surface area contributed by atoms with Crippen molar-refractivity contribution in [2.75, 3.05) is 13.1 Å². The lowest BCUT2D eigenvalue weighted by atomic mass is 9.93. The predicted molar refractivity (Wildman–Crippen MR) is 90.1 cm³/mol. The average molecular weight is 353 g/mol. The van der Waals surface area contributed by atoms with Crippen molar-refractivity contribution in [3.05, 3.63) is 34.3 Å². The molecule has 0 radical (unpaired) electrons. The smallest absolute Gasteiger partial charge is 0.220 e. The highest BCUT2D eigenvalue weighted by molar-refractivity contribution is 9.10. The van der Waals surface area contributed by atoms with E-state index >= 15 is 0 Å². The van der Waals surface area contributed by atoms with Crippen molar-refractivity contribution in [1.82, 2.24) is 10.6 Å². The van der Waals surface area contributed by atoms with E-state index in [2.05, 4.69) is 45.6 Å². The summed E-state index contributed by atoms with van der Waals surface area (Å²) in [6, 6.07) is 8.33. The first kappa shape index (κ1) is 16.5. The second-order valence-corrected chi connectivity index (χ2v) is 6.73. The lowest BCUT2D eigenvalue weighted by molar-refractivity contribution is -0.122. The minimum Gasteiger partial charge on any atom is -0.349 e. The van der Waals surface area contributed by atoms with Crippen LogP contribution in [0.3, 0.4) is 0 Å². The van der Waals surface area contributed by atoms with E-state index < -0.39 is 0 Å². The molecular weight excluding hydrogens is 328 g/mol. The van der Waals surface area contributed by atoms with E-state index in [4.69, 9.17) is 0 Å². The second kappa shape index (κ2) is 8.54. The summed E-state index contributed by atoms with van der Waals surface area (Å²) < 4.78 is 1.07. The van der Waals surface area contributed by atoms with Crippen molar-refractivity contribution in [2.24, 2.45) is 5.92 Å². The largest absolute Gasteiger partial charge is 0.349 e. The van der Waals surface area contributed by atoms with Crippen LogP contribution in [0.2, 0.25) is 0 Å². The van der Waals surface area contributed by atoms with E-state index in [9.17, 15) is 4.79 Å². The summed E-state index contributed by atoms with van der Waals surface area (Å²) in [5, 5.41) is 6.54. The van der Waals surface area contributed by atoms with E-state index in [1.807, 2.05) is 12.1 Å². The SMILES string of the molecule is CCC(NC(=O)CCC1CCNCC1)c1ccc(Br)cc1. The number of amides is 1. The Morgan fingerprint density at radius 3 is 2.62 bits per heavy atom. The van der Waals surface area contributed by atoms with Gasteiger partial charge in [-0.05, 0) is 62.4 Å². The van der Waals surface area contributed by atoms with Crippen LogP contribution in [0.15, 0.2) is 28.7 Å². The van der Waals surface area contributed by atoms with Crippen molar-refractivity contribution in [3.8, 4) is 0 Å². The maximum atomic E-state index is 12.2. The first-order valence-corrected chi connectivity index (χ1v) is 8.74. The molecule has 1 aromatic carbocycles. The van der Waals surface area contributed by atoms with Gasteiger partial charge in [-0.15, -0.1) is 0 Å². The van der Waals surface area contributed by atoms with E-state index in [0.29, 0.717) is 12.3 Å². The third-order valence-corrected chi connectivity index (χ3v) is 4.78. The molecule has 0 bridgehead atoms. The summed E-state index contributed by atoms with van der Waals surface area (Å²) in [7, 11) is 0. The Labute approximate surface area is 136 Å². The lowest BCUT2D eigenvalue weighted by Gasteiger charge is -2.23. The third-order valence-electron chi connectivity index (χ3n) is 4.25. The monoisotopic (exact) mass is 352 g/mol. The number of nitrogens with one attached hydrogen (secondary N) is 2. The minimum atomic E-state index is 0.124. The van der Waals surface area contributed by atoms with Gasteiger partial charge in [0.1, 0.15) is 0 Å². The van der Waals surface area contributed by atoms with Crippen LogP contribution in [-0.2, 0) is 4.79 Å². The van der Waals surface area contributed by atoms with Gasteiger partial charge in [-0.3, -0.25) is 4.79 Å². The quantitative estimate of drug-likeness (QED) is 0.817. The number of carbonyl (C=O) groups is 1. The molecule has 0 spiro atoms. The normalized spacial score (nSPS) is 17.4. The van der Waals surface area contributed by atoms with Gasteiger partial charge in [0.25, 0.3) is 0 Å². The highest BCUT2D eigenvalue weighted by Gasteiger charge is 2.16. The number of hydrogen-bond donors (Lipinski definition) is 2. The van der Waals surface area contributed by atoms with Gasteiger partial charge in [-0.2, -0.15) is 0 Å². The Hall–Kier alpha value is -0.870. The molecule has 1 aliphatic heterocycles. The minimum absolute atomic E-state index is 0.124. The molecule has 1 aliphatic rings. The summed E-state index contributed by atoms with van der Waals surface area (Å²) in [4.78, 5) is 12.2. The van der Waals surface area contributed by atoms with Gasteiger partial charge in [0, 0.05) is 10.9 Å². The van der Waals surface area contributed by atoms with Gasteiger partial charge >= 0.3 is 0 Å². The Morgan fingerprint density at radius 1 is 1.33 bits per heavy atom. The number of halogens is 1. The number of carbonyl (C=O) groups excluding carboxylic acids is 1. The van der Waals surface area contributed by atoms with Crippen molar-refractivity contribution >= 4 is 21.8 Å². The topological polar surface area (TPSA) is 41.1 Å². The fourth-order valence-corrected chi connectivity index (χ4v) is 3.15. The molecule has 21 heavy (non-hydrogen) atoms. The molecule has 0 saturated carbocycles. The molecule has 2 N–H and O–H groups in total. The zero-order chi connectivity index (χ0) is 15.1. The zero-order valence-electron chi connectivity index (χ0n) is 12.7. The van der Waals surface area contributed by atoms with Crippen molar-refractivity contribution in [2.45, 2.75) is 45.1 Å². The van der Waals surface area contributed by atoms with E-state index in [0.717, 1.165) is 30.4 Å². The van der Waals surface area contributed by atoms with Crippen LogP contribution in [0.4, 0.5) is 0 Å². The molecule has 0 aromatic heterocycles. The Bertz CT molecular complexity index is 441. The summed E-state index contributed by atoms with van der Waals surface area (Å²) in [6.07, 6.45) is 5.00. The van der Waals surface area contributed by atoms with Gasteiger partial charge in [0.05, 0.1) is 6.04 Å². The van der Waals surface area contributed by atoms with Crippen LogP contribution in [0.1, 0.15) is 50.6 Å². The van der Waals surface area contributed by atoms with E-state index in [-0.39, 0.29) is 11.9 Å². The second-order valence-electron chi connectivity index (χ2n) is 5.81. The molecule has 1 fully saturated rings. The maximum absolute atomic E-state index is 12.2. The highest BCUT2D eigenvalue weighted by atomic mass is 79.9. The van der Waals surface area contributed by atoms with Gasteiger partial charge in [-0.25, -0.2) is 0 Å². The molecule has 1 atom stereocenters. The van der Waals surface area contributed by atoms with Gasteiger partial charge in [-0.1, -0.05) is 35.0 Å². The van der Waals surface area contributed by atoms with Crippen LogP contribution in [0.5, 0.6) is 0 Å². The van der Waals surface area contributed by atoms with E-state index in [1.165, 1.54) is 18.4 Å². The van der Waals surface area contributed by atoms with Crippen LogP contribution in [0.25, 0.3) is 0 Å². The molecular formula is C17H25BrN2O. The molecule has 1 aromatic rings. The van der Waals surface area contributed by atoms with E-state index in [1.54, 1.807) is 0 Å². The number of hydrogen-bond acceptors (Lipinski definition) is 2. The van der Waals surface area contributed by atoms with Crippen molar-refractivity contribution in [1.29, 1.82) is 0 Å². The number of piperidine rings is 1. The maximum Gasteiger partial charge on any atom is 0.220 e. The number of rotatable bonds is 6. The van der Waals surface area contributed by atoms with Crippen molar-refractivity contribution in [3.63, 3.8) is 0 Å². The highest BCUT2D eigenvalue weighted by Crippen LogP contribution is 2.21. The third kappa shape index (κ3) is 5.44.